The molecule has 3 aromatic carbocycles. The molecule has 0 aliphatic heterocycles. The van der Waals surface area contributed by atoms with E-state index in [9.17, 15) is 14.7 Å². The average molecular weight is 577 g/mol. The molecule has 4 N–H and O–H groups in total. The largest absolute Gasteiger partial charge is 0.480 e. The van der Waals surface area contributed by atoms with Gasteiger partial charge in [0, 0.05) is 29.5 Å². The molecule has 4 aromatic rings. The Labute approximate surface area is 240 Å². The Morgan fingerprint density at radius 1 is 0.925 bits per heavy atom. The second-order valence-electron chi connectivity index (χ2n) is 8.28. The highest BCUT2D eigenvalue weighted by atomic mass is 35.5. The van der Waals surface area contributed by atoms with E-state index in [-0.39, 0.29) is 12.2 Å². The maximum Gasteiger partial charge on any atom is 0.373 e. The van der Waals surface area contributed by atoms with E-state index in [4.69, 9.17) is 21.2 Å². The molecule has 204 valence electrons. The minimum absolute atomic E-state index is 0.250. The number of amides is 2. The van der Waals surface area contributed by atoms with E-state index >= 15 is 0 Å². The van der Waals surface area contributed by atoms with Crippen LogP contribution in [-0.2, 0) is 27.3 Å². The molecule has 9 nitrogen and oxygen atoms in total. The van der Waals surface area contributed by atoms with E-state index in [0.717, 1.165) is 27.1 Å². The van der Waals surface area contributed by atoms with E-state index in [1.807, 2.05) is 78.9 Å². The van der Waals surface area contributed by atoms with Crippen molar-refractivity contribution < 1.29 is 24.3 Å². The molecule has 11 heteroatoms. The minimum atomic E-state index is -0.941. The maximum absolute atomic E-state index is 12.3. The van der Waals surface area contributed by atoms with Crippen molar-refractivity contribution in [3.05, 3.63) is 113 Å². The number of nitrogens with zero attached hydrogens (tertiary/aromatic N) is 1. The lowest BCUT2D eigenvalue weighted by Gasteiger charge is -2.15. The molecule has 1 atom stereocenters. The SMILES string of the molecule is O=C(NCc1cccnc1)Nc1cccc(-c2ccc(CC(NSc3ccccc3Cl)C(=O)O)cc2)c1.O=C=O. The van der Waals surface area contributed by atoms with Crippen molar-refractivity contribution in [1.82, 2.24) is 15.0 Å². The number of pyridine rings is 1. The molecule has 1 heterocycles. The molecule has 2 amide bonds. The van der Waals surface area contributed by atoms with Gasteiger partial charge in [-0.2, -0.15) is 9.59 Å². The lowest BCUT2D eigenvalue weighted by atomic mass is 10.0. The monoisotopic (exact) mass is 576 g/mol. The Morgan fingerprint density at radius 3 is 2.35 bits per heavy atom. The molecule has 4 rings (SSSR count). The predicted molar refractivity (Wildman–Crippen MR) is 153 cm³/mol. The fourth-order valence-corrected chi connectivity index (χ4v) is 4.56. The number of hydrogen-bond donors (Lipinski definition) is 4. The molecule has 0 fully saturated rings. The number of rotatable bonds is 10. The van der Waals surface area contributed by atoms with Crippen LogP contribution in [0.3, 0.4) is 0 Å². The van der Waals surface area contributed by atoms with Gasteiger partial charge < -0.3 is 15.7 Å². The second kappa shape index (κ2) is 15.8. The smallest absolute Gasteiger partial charge is 0.373 e. The lowest BCUT2D eigenvalue weighted by molar-refractivity contribution is -0.191. The van der Waals surface area contributed by atoms with E-state index in [0.29, 0.717) is 23.7 Å². The third kappa shape index (κ3) is 9.68. The second-order valence-corrected chi connectivity index (χ2v) is 9.56. The normalized spacial score (nSPS) is 10.8. The maximum atomic E-state index is 12.3. The number of carboxylic acids is 1. The number of carboxylic acid groups (broad SMARTS) is 1. The summed E-state index contributed by atoms with van der Waals surface area (Å²) in [5, 5.41) is 15.9. The van der Waals surface area contributed by atoms with Crippen molar-refractivity contribution in [3.63, 3.8) is 0 Å². The van der Waals surface area contributed by atoms with Crippen LogP contribution in [0, 0.1) is 0 Å². The minimum Gasteiger partial charge on any atom is -0.480 e. The lowest BCUT2D eigenvalue weighted by Crippen LogP contribution is -2.34. The zero-order valence-electron chi connectivity index (χ0n) is 21.0. The molecule has 40 heavy (non-hydrogen) atoms. The summed E-state index contributed by atoms with van der Waals surface area (Å²) in [7, 11) is 0. The zero-order valence-corrected chi connectivity index (χ0v) is 22.6. The number of carbonyl (C=O) groups excluding carboxylic acids is 3. The van der Waals surface area contributed by atoms with Crippen LogP contribution in [0.5, 0.6) is 0 Å². The van der Waals surface area contributed by atoms with Crippen molar-refractivity contribution in [3.8, 4) is 11.1 Å². The highest BCUT2D eigenvalue weighted by Gasteiger charge is 2.18. The quantitative estimate of drug-likeness (QED) is 0.183. The van der Waals surface area contributed by atoms with Gasteiger partial charge in [0.25, 0.3) is 0 Å². The van der Waals surface area contributed by atoms with Gasteiger partial charge in [0.2, 0.25) is 0 Å². The fraction of sp³-hybridized carbons (Fsp3) is 0.103. The van der Waals surface area contributed by atoms with Gasteiger partial charge in [-0.3, -0.25) is 9.78 Å². The summed E-state index contributed by atoms with van der Waals surface area (Å²) in [4.78, 5) is 45.1. The average Bonchev–Trinajstić information content (AvgIpc) is 2.96. The van der Waals surface area contributed by atoms with Gasteiger partial charge in [-0.1, -0.05) is 66.2 Å². The van der Waals surface area contributed by atoms with Crippen LogP contribution in [0.2, 0.25) is 5.02 Å². The van der Waals surface area contributed by atoms with Gasteiger partial charge in [-0.05, 0) is 71.0 Å². The standard InChI is InChI=1S/C28H25ClN4O3S.CO2/c29-24-8-1-2-9-26(24)37-33-25(27(34)35)15-19-10-12-21(13-11-19)22-6-3-7-23(16-22)32-28(36)31-18-20-5-4-14-30-17-20;2-1-3/h1-14,16-17,25,33H,15,18H2,(H,34,35)(H2,31,32,36);. The third-order valence-corrected chi connectivity index (χ3v) is 6.89. The van der Waals surface area contributed by atoms with Crippen LogP contribution in [-0.4, -0.2) is 34.3 Å². The summed E-state index contributed by atoms with van der Waals surface area (Å²) in [6.07, 6.45) is 3.95. The summed E-state index contributed by atoms with van der Waals surface area (Å²) < 4.78 is 3.00. The van der Waals surface area contributed by atoms with Crippen molar-refractivity contribution in [1.29, 1.82) is 0 Å². The number of anilines is 1. The highest BCUT2D eigenvalue weighted by Crippen LogP contribution is 2.26. The molecular formula is C29H25ClN4O5S. The molecule has 1 unspecified atom stereocenters. The first kappa shape index (κ1) is 30.1. The Morgan fingerprint density at radius 2 is 1.68 bits per heavy atom. The van der Waals surface area contributed by atoms with Crippen molar-refractivity contribution in [2.45, 2.75) is 23.9 Å². The molecule has 0 spiro atoms. The van der Waals surface area contributed by atoms with Gasteiger partial charge in [0.1, 0.15) is 6.04 Å². The van der Waals surface area contributed by atoms with Crippen LogP contribution in [0.1, 0.15) is 11.1 Å². The summed E-state index contributed by atoms with van der Waals surface area (Å²) in [6.45, 7) is 0.379. The van der Waals surface area contributed by atoms with Gasteiger partial charge in [-0.25, -0.2) is 9.52 Å². The van der Waals surface area contributed by atoms with Crippen molar-refractivity contribution >= 4 is 47.4 Å². The molecule has 1 aromatic heterocycles. The first-order valence-electron chi connectivity index (χ1n) is 11.9. The zero-order chi connectivity index (χ0) is 28.7. The number of halogens is 1. The molecular weight excluding hydrogens is 552 g/mol. The molecule has 0 radical (unpaired) electrons. The number of aromatic nitrogens is 1. The molecule has 0 bridgehead atoms. The highest BCUT2D eigenvalue weighted by molar-refractivity contribution is 7.97. The van der Waals surface area contributed by atoms with E-state index < -0.39 is 12.0 Å². The Kier molecular flexibility index (Phi) is 11.9. The van der Waals surface area contributed by atoms with E-state index in [1.165, 1.54) is 11.9 Å². The van der Waals surface area contributed by atoms with Gasteiger partial charge in [0.15, 0.2) is 0 Å². The molecule has 0 aliphatic carbocycles. The van der Waals surface area contributed by atoms with Crippen molar-refractivity contribution in [2.24, 2.45) is 0 Å². The summed E-state index contributed by atoms with van der Waals surface area (Å²) in [5.74, 6) is -0.941. The molecule has 0 saturated carbocycles. The number of benzene rings is 3. The first-order valence-corrected chi connectivity index (χ1v) is 13.1. The number of urea groups is 1. The van der Waals surface area contributed by atoms with Crippen LogP contribution in [0.15, 0.2) is 102 Å². The predicted octanol–water partition coefficient (Wildman–Crippen LogP) is 5.43. The first-order chi connectivity index (χ1) is 19.4. The summed E-state index contributed by atoms with van der Waals surface area (Å²) >= 11 is 7.37. The van der Waals surface area contributed by atoms with Crippen LogP contribution < -0.4 is 15.4 Å². The Balaban J connectivity index is 0.00000141. The third-order valence-electron chi connectivity index (χ3n) is 5.47. The van der Waals surface area contributed by atoms with Crippen molar-refractivity contribution in [2.75, 3.05) is 5.32 Å². The number of nitrogens with one attached hydrogen (secondary N) is 3. The Hall–Kier alpha value is -4.47. The molecule has 0 saturated heterocycles. The summed E-state index contributed by atoms with van der Waals surface area (Å²) in [6, 6.07) is 25.1. The fourth-order valence-electron chi connectivity index (χ4n) is 3.55. The molecule has 0 aliphatic rings. The van der Waals surface area contributed by atoms with Gasteiger partial charge >= 0.3 is 18.2 Å². The number of carbonyl (C=O) groups is 2. The van der Waals surface area contributed by atoms with E-state index in [2.05, 4.69) is 20.3 Å². The number of hydrogen-bond acceptors (Lipinski definition) is 7. The van der Waals surface area contributed by atoms with Crippen LogP contribution in [0.25, 0.3) is 11.1 Å². The Bertz CT molecular complexity index is 1450. The van der Waals surface area contributed by atoms with Crippen LogP contribution >= 0.6 is 23.5 Å². The number of aliphatic carboxylic acids is 1. The van der Waals surface area contributed by atoms with E-state index in [1.54, 1.807) is 18.5 Å². The topological polar surface area (TPSA) is 137 Å². The van der Waals surface area contributed by atoms with Gasteiger partial charge in [0.05, 0.1) is 5.02 Å². The van der Waals surface area contributed by atoms with Crippen LogP contribution in [0.4, 0.5) is 10.5 Å². The summed E-state index contributed by atoms with van der Waals surface area (Å²) in [5.41, 5.74) is 4.34. The van der Waals surface area contributed by atoms with Gasteiger partial charge in [-0.15, -0.1) is 0 Å².